The first-order valence-electron chi connectivity index (χ1n) is 7.28. The van der Waals surface area contributed by atoms with Crippen LogP contribution in [0.5, 0.6) is 5.75 Å². The summed E-state index contributed by atoms with van der Waals surface area (Å²) in [6, 6.07) is 12.1. The van der Waals surface area contributed by atoms with Crippen molar-refractivity contribution < 1.29 is 18.7 Å². The lowest BCUT2D eigenvalue weighted by Gasteiger charge is -2.05. The monoisotopic (exact) mass is 324 g/mol. The first kappa shape index (κ1) is 15.6. The van der Waals surface area contributed by atoms with Crippen molar-refractivity contribution in [2.24, 2.45) is 5.73 Å². The van der Waals surface area contributed by atoms with Gasteiger partial charge >= 0.3 is 0 Å². The van der Waals surface area contributed by atoms with Crippen molar-refractivity contribution in [2.75, 3.05) is 12.4 Å². The van der Waals surface area contributed by atoms with Crippen molar-refractivity contribution >= 4 is 28.5 Å². The highest BCUT2D eigenvalue weighted by molar-refractivity contribution is 6.14. The Morgan fingerprint density at radius 1 is 1.12 bits per heavy atom. The van der Waals surface area contributed by atoms with Gasteiger partial charge in [-0.3, -0.25) is 9.59 Å². The number of primary amides is 1. The van der Waals surface area contributed by atoms with Gasteiger partial charge in [-0.25, -0.2) is 0 Å². The van der Waals surface area contributed by atoms with E-state index in [2.05, 4.69) is 5.32 Å². The Balaban J connectivity index is 2.03. The van der Waals surface area contributed by atoms with Crippen molar-refractivity contribution in [3.05, 3.63) is 59.4 Å². The predicted octanol–water partition coefficient (Wildman–Crippen LogP) is 3.10. The van der Waals surface area contributed by atoms with Gasteiger partial charge in [0.15, 0.2) is 0 Å². The second kappa shape index (κ2) is 6.08. The molecule has 0 unspecified atom stereocenters. The molecule has 0 saturated carbocycles. The second-order valence-electron chi connectivity index (χ2n) is 5.35. The molecule has 0 aliphatic heterocycles. The molecule has 0 aliphatic carbocycles. The van der Waals surface area contributed by atoms with Crippen LogP contribution in [0.15, 0.2) is 46.9 Å². The van der Waals surface area contributed by atoms with Gasteiger partial charge in [0.25, 0.3) is 11.8 Å². The van der Waals surface area contributed by atoms with Gasteiger partial charge in [-0.1, -0.05) is 17.7 Å². The molecule has 0 bridgehead atoms. The summed E-state index contributed by atoms with van der Waals surface area (Å²) in [5, 5.41) is 3.29. The Morgan fingerprint density at radius 3 is 2.46 bits per heavy atom. The summed E-state index contributed by atoms with van der Waals surface area (Å²) in [6.45, 7) is 1.93. The third-order valence-electron chi connectivity index (χ3n) is 3.67. The lowest BCUT2D eigenvalue weighted by atomic mass is 10.1. The Labute approximate surface area is 138 Å². The van der Waals surface area contributed by atoms with Crippen LogP contribution in [0.25, 0.3) is 11.0 Å². The maximum Gasteiger partial charge on any atom is 0.286 e. The van der Waals surface area contributed by atoms with Crippen LogP contribution in [0, 0.1) is 6.92 Å². The van der Waals surface area contributed by atoms with E-state index in [1.54, 1.807) is 30.3 Å². The summed E-state index contributed by atoms with van der Waals surface area (Å²) >= 11 is 0. The highest BCUT2D eigenvalue weighted by Gasteiger charge is 2.21. The molecule has 6 nitrogen and oxygen atoms in total. The first-order valence-corrected chi connectivity index (χ1v) is 7.28. The van der Waals surface area contributed by atoms with Crippen LogP contribution in [-0.2, 0) is 0 Å². The van der Waals surface area contributed by atoms with Gasteiger partial charge in [-0.15, -0.1) is 0 Å². The molecule has 2 aromatic carbocycles. The molecule has 24 heavy (non-hydrogen) atoms. The lowest BCUT2D eigenvalue weighted by Crippen LogP contribution is -2.17. The van der Waals surface area contributed by atoms with Crippen LogP contribution >= 0.6 is 0 Å². The number of furan rings is 1. The van der Waals surface area contributed by atoms with E-state index in [1.807, 2.05) is 19.1 Å². The molecule has 0 aliphatic rings. The fraction of sp³-hybridized carbons (Fsp3) is 0.111. The molecule has 1 heterocycles. The van der Waals surface area contributed by atoms with Crippen molar-refractivity contribution in [2.45, 2.75) is 6.92 Å². The fourth-order valence-corrected chi connectivity index (χ4v) is 2.39. The summed E-state index contributed by atoms with van der Waals surface area (Å²) < 4.78 is 10.6. The van der Waals surface area contributed by atoms with Gasteiger partial charge < -0.3 is 20.2 Å². The number of carbonyl (C=O) groups excluding carboxylic acids is 2. The van der Waals surface area contributed by atoms with Gasteiger partial charge in [-0.05, 0) is 31.2 Å². The molecule has 0 atom stereocenters. The number of methoxy groups -OCH3 is 1. The minimum absolute atomic E-state index is 0.0984. The molecule has 0 fully saturated rings. The Bertz CT molecular complexity index is 926. The number of hydrogen-bond acceptors (Lipinski definition) is 4. The van der Waals surface area contributed by atoms with Gasteiger partial charge in [0.05, 0.1) is 7.11 Å². The van der Waals surface area contributed by atoms with Crippen LogP contribution in [0.1, 0.15) is 26.5 Å². The summed E-state index contributed by atoms with van der Waals surface area (Å²) in [5.74, 6) is -0.636. The van der Waals surface area contributed by atoms with Crippen molar-refractivity contribution in [3.8, 4) is 5.75 Å². The van der Waals surface area contributed by atoms with Gasteiger partial charge in [0.2, 0.25) is 5.76 Å². The van der Waals surface area contributed by atoms with Crippen LogP contribution in [-0.4, -0.2) is 18.9 Å². The number of benzene rings is 2. The highest BCUT2D eigenvalue weighted by Crippen LogP contribution is 2.33. The average molecular weight is 324 g/mol. The number of carbonyl (C=O) groups is 2. The molecule has 122 valence electrons. The number of fused-ring (bicyclic) bond motifs is 1. The maximum absolute atomic E-state index is 12.4. The van der Waals surface area contributed by atoms with Crippen molar-refractivity contribution in [1.29, 1.82) is 0 Å². The third-order valence-corrected chi connectivity index (χ3v) is 3.67. The molecular formula is C18H16N2O4. The smallest absolute Gasteiger partial charge is 0.286 e. The van der Waals surface area contributed by atoms with E-state index < -0.39 is 5.91 Å². The van der Waals surface area contributed by atoms with Gasteiger partial charge in [0, 0.05) is 17.0 Å². The predicted molar refractivity (Wildman–Crippen MR) is 90.4 cm³/mol. The van der Waals surface area contributed by atoms with E-state index in [-0.39, 0.29) is 17.4 Å². The Morgan fingerprint density at radius 2 is 1.83 bits per heavy atom. The van der Waals surface area contributed by atoms with E-state index >= 15 is 0 Å². The standard InChI is InChI=1S/C18H16N2O4/c1-10-3-5-11(6-4-10)18(22)20-15-13-8-7-12(23-2)9-14(13)24-16(15)17(19)21/h3-9H,1-2H3,(H2,19,21)(H,20,22). The molecule has 0 spiro atoms. The normalized spacial score (nSPS) is 10.6. The van der Waals surface area contributed by atoms with Crippen LogP contribution < -0.4 is 15.8 Å². The molecule has 6 heteroatoms. The lowest BCUT2D eigenvalue weighted by molar-refractivity contribution is 0.0977. The highest BCUT2D eigenvalue weighted by atomic mass is 16.5. The number of rotatable bonds is 4. The average Bonchev–Trinajstić information content (AvgIpc) is 2.93. The van der Waals surface area contributed by atoms with E-state index in [1.165, 1.54) is 7.11 Å². The molecule has 3 N–H and O–H groups in total. The van der Waals surface area contributed by atoms with E-state index in [0.717, 1.165) is 5.56 Å². The number of hydrogen-bond donors (Lipinski definition) is 2. The SMILES string of the molecule is COc1ccc2c(NC(=O)c3ccc(C)cc3)c(C(N)=O)oc2c1. The van der Waals surface area contributed by atoms with Gasteiger partial charge in [0.1, 0.15) is 17.0 Å². The second-order valence-corrected chi connectivity index (χ2v) is 5.35. The molecule has 2 amide bonds. The Kier molecular flexibility index (Phi) is 3.95. The zero-order chi connectivity index (χ0) is 17.3. The number of amides is 2. The number of nitrogens with two attached hydrogens (primary N) is 1. The van der Waals surface area contributed by atoms with Crippen LogP contribution in [0.3, 0.4) is 0 Å². The summed E-state index contributed by atoms with van der Waals surface area (Å²) in [5.41, 5.74) is 7.55. The molecule has 0 saturated heterocycles. The quantitative estimate of drug-likeness (QED) is 0.771. The van der Waals surface area contributed by atoms with Crippen LogP contribution in [0.2, 0.25) is 0 Å². The van der Waals surface area contributed by atoms with E-state index in [0.29, 0.717) is 22.3 Å². The molecule has 3 aromatic rings. The largest absolute Gasteiger partial charge is 0.497 e. The zero-order valence-electron chi connectivity index (χ0n) is 13.3. The fourth-order valence-electron chi connectivity index (χ4n) is 2.39. The number of aryl methyl sites for hydroxylation is 1. The first-order chi connectivity index (χ1) is 11.5. The number of anilines is 1. The number of nitrogens with one attached hydrogen (secondary N) is 1. The molecular weight excluding hydrogens is 308 g/mol. The Hall–Kier alpha value is -3.28. The molecule has 1 aromatic heterocycles. The third kappa shape index (κ3) is 2.81. The summed E-state index contributed by atoms with van der Waals surface area (Å²) in [7, 11) is 1.53. The van der Waals surface area contributed by atoms with E-state index in [9.17, 15) is 9.59 Å². The zero-order valence-corrected chi connectivity index (χ0v) is 13.3. The van der Waals surface area contributed by atoms with Crippen molar-refractivity contribution in [1.82, 2.24) is 0 Å². The molecule has 3 rings (SSSR count). The summed E-state index contributed by atoms with van der Waals surface area (Å²) in [4.78, 5) is 24.1. The minimum Gasteiger partial charge on any atom is -0.497 e. The topological polar surface area (TPSA) is 94.6 Å². The van der Waals surface area contributed by atoms with Crippen LogP contribution in [0.4, 0.5) is 5.69 Å². The molecule has 0 radical (unpaired) electrons. The minimum atomic E-state index is -0.760. The summed E-state index contributed by atoms with van der Waals surface area (Å²) in [6.07, 6.45) is 0. The van der Waals surface area contributed by atoms with E-state index in [4.69, 9.17) is 14.9 Å². The number of ether oxygens (including phenoxy) is 1. The maximum atomic E-state index is 12.4. The van der Waals surface area contributed by atoms with Gasteiger partial charge in [-0.2, -0.15) is 0 Å². The van der Waals surface area contributed by atoms with Crippen molar-refractivity contribution in [3.63, 3.8) is 0 Å².